The van der Waals surface area contributed by atoms with Crippen LogP contribution in [0.5, 0.6) is 0 Å². The molecule has 0 aliphatic heterocycles. The molecule has 0 unspecified atom stereocenters. The standard InChI is InChI=1S/C18H16Cl2N2O5/c1-2-26-18(25)21-12-8-6-11(7-9-12)17(24)27-10-15(23)22-16-13(19)4-3-5-14(16)20/h3-9H,2,10H2,1H3,(H,21,25)(H,22,23). The van der Waals surface area contributed by atoms with Gasteiger partial charge in [0.25, 0.3) is 5.91 Å². The van der Waals surface area contributed by atoms with Gasteiger partial charge < -0.3 is 14.8 Å². The number of carbonyl (C=O) groups is 3. The molecule has 0 radical (unpaired) electrons. The second kappa shape index (κ2) is 9.80. The molecule has 0 saturated carbocycles. The fraction of sp³-hybridized carbons (Fsp3) is 0.167. The fourth-order valence-electron chi connectivity index (χ4n) is 1.98. The number of ether oxygens (including phenoxy) is 2. The molecule has 0 heterocycles. The van der Waals surface area contributed by atoms with Gasteiger partial charge in [-0.1, -0.05) is 29.3 Å². The van der Waals surface area contributed by atoms with Gasteiger partial charge in [0.2, 0.25) is 0 Å². The van der Waals surface area contributed by atoms with E-state index in [1.165, 1.54) is 24.3 Å². The molecule has 0 atom stereocenters. The number of anilines is 2. The Bertz CT molecular complexity index is 820. The van der Waals surface area contributed by atoms with Crippen LogP contribution in [0.15, 0.2) is 42.5 Å². The maximum atomic E-state index is 12.0. The quantitative estimate of drug-likeness (QED) is 0.689. The van der Waals surface area contributed by atoms with Crippen LogP contribution in [0.1, 0.15) is 17.3 Å². The maximum absolute atomic E-state index is 12.0. The molecule has 0 fully saturated rings. The van der Waals surface area contributed by atoms with Crippen LogP contribution in [0.25, 0.3) is 0 Å². The molecule has 0 bridgehead atoms. The molecule has 2 N–H and O–H groups in total. The lowest BCUT2D eigenvalue weighted by Gasteiger charge is -2.10. The van der Waals surface area contributed by atoms with Gasteiger partial charge >= 0.3 is 12.1 Å². The Morgan fingerprint density at radius 3 is 2.15 bits per heavy atom. The van der Waals surface area contributed by atoms with Gasteiger partial charge in [-0.2, -0.15) is 0 Å². The Hall–Kier alpha value is -2.77. The fourth-order valence-corrected chi connectivity index (χ4v) is 2.47. The number of carbonyl (C=O) groups excluding carboxylic acids is 3. The molecule has 0 saturated heterocycles. The molecule has 0 aliphatic rings. The van der Waals surface area contributed by atoms with E-state index in [1.807, 2.05) is 0 Å². The van der Waals surface area contributed by atoms with Crippen LogP contribution >= 0.6 is 23.2 Å². The summed E-state index contributed by atoms with van der Waals surface area (Å²) in [6, 6.07) is 10.7. The second-order valence-electron chi connectivity index (χ2n) is 5.14. The van der Waals surface area contributed by atoms with Crippen molar-refractivity contribution < 1.29 is 23.9 Å². The molecule has 2 aromatic rings. The molecule has 27 heavy (non-hydrogen) atoms. The number of nitrogens with one attached hydrogen (secondary N) is 2. The average molecular weight is 411 g/mol. The Morgan fingerprint density at radius 1 is 0.926 bits per heavy atom. The summed E-state index contributed by atoms with van der Waals surface area (Å²) < 4.78 is 9.70. The lowest BCUT2D eigenvalue weighted by Crippen LogP contribution is -2.21. The zero-order valence-corrected chi connectivity index (χ0v) is 15.8. The van der Waals surface area contributed by atoms with Gasteiger partial charge in [-0.25, -0.2) is 9.59 Å². The second-order valence-corrected chi connectivity index (χ2v) is 5.96. The van der Waals surface area contributed by atoms with Crippen LogP contribution in [0.3, 0.4) is 0 Å². The summed E-state index contributed by atoms with van der Waals surface area (Å²) in [5, 5.41) is 5.52. The zero-order valence-electron chi connectivity index (χ0n) is 14.3. The Kier molecular flexibility index (Phi) is 7.45. The number of rotatable bonds is 6. The molecule has 0 spiro atoms. The van der Waals surface area contributed by atoms with Crippen molar-refractivity contribution in [2.45, 2.75) is 6.92 Å². The SMILES string of the molecule is CCOC(=O)Nc1ccc(C(=O)OCC(=O)Nc2c(Cl)cccc2Cl)cc1. The minimum Gasteiger partial charge on any atom is -0.452 e. The number of hydrogen-bond acceptors (Lipinski definition) is 5. The van der Waals surface area contributed by atoms with Gasteiger partial charge in [0.05, 0.1) is 27.9 Å². The van der Waals surface area contributed by atoms with Gasteiger partial charge in [-0.3, -0.25) is 10.1 Å². The van der Waals surface area contributed by atoms with Crippen molar-refractivity contribution in [3.05, 3.63) is 58.1 Å². The molecule has 2 aromatic carbocycles. The Morgan fingerprint density at radius 2 is 1.56 bits per heavy atom. The summed E-state index contributed by atoms with van der Waals surface area (Å²) in [7, 11) is 0. The highest BCUT2D eigenvalue weighted by molar-refractivity contribution is 6.39. The van der Waals surface area contributed by atoms with Crippen molar-refractivity contribution in [1.82, 2.24) is 0 Å². The van der Waals surface area contributed by atoms with Crippen molar-refractivity contribution in [2.24, 2.45) is 0 Å². The van der Waals surface area contributed by atoms with Crippen LogP contribution in [0, 0.1) is 0 Å². The third-order valence-electron chi connectivity index (χ3n) is 3.20. The van der Waals surface area contributed by atoms with Crippen LogP contribution in [0.4, 0.5) is 16.2 Å². The number of benzene rings is 2. The predicted octanol–water partition coefficient (Wildman–Crippen LogP) is 4.36. The van der Waals surface area contributed by atoms with Crippen molar-refractivity contribution in [3.63, 3.8) is 0 Å². The van der Waals surface area contributed by atoms with E-state index in [0.29, 0.717) is 5.69 Å². The largest absolute Gasteiger partial charge is 0.452 e. The first-order chi connectivity index (χ1) is 12.9. The smallest absolute Gasteiger partial charge is 0.411 e. The van der Waals surface area contributed by atoms with E-state index in [0.717, 1.165) is 0 Å². The first-order valence-corrected chi connectivity index (χ1v) is 8.61. The van der Waals surface area contributed by atoms with E-state index in [9.17, 15) is 14.4 Å². The summed E-state index contributed by atoms with van der Waals surface area (Å²) in [6.07, 6.45) is -0.595. The summed E-state index contributed by atoms with van der Waals surface area (Å²) in [4.78, 5) is 35.2. The molecule has 2 amide bonds. The number of amides is 2. The first kappa shape index (κ1) is 20.5. The topological polar surface area (TPSA) is 93.7 Å². The average Bonchev–Trinajstić information content (AvgIpc) is 2.63. The van der Waals surface area contributed by atoms with Crippen LogP contribution in [-0.4, -0.2) is 31.2 Å². The van der Waals surface area contributed by atoms with Gasteiger partial charge in [0.1, 0.15) is 0 Å². The van der Waals surface area contributed by atoms with E-state index in [-0.39, 0.29) is 27.9 Å². The minimum atomic E-state index is -0.696. The van der Waals surface area contributed by atoms with Gasteiger partial charge in [0, 0.05) is 5.69 Å². The normalized spacial score (nSPS) is 10.0. The van der Waals surface area contributed by atoms with Crippen molar-refractivity contribution in [1.29, 1.82) is 0 Å². The van der Waals surface area contributed by atoms with Crippen LogP contribution in [0.2, 0.25) is 10.0 Å². The monoisotopic (exact) mass is 410 g/mol. The van der Waals surface area contributed by atoms with Crippen LogP contribution < -0.4 is 10.6 Å². The van der Waals surface area contributed by atoms with E-state index < -0.39 is 24.6 Å². The third-order valence-corrected chi connectivity index (χ3v) is 3.83. The maximum Gasteiger partial charge on any atom is 0.411 e. The molecule has 142 valence electrons. The van der Waals surface area contributed by atoms with E-state index in [2.05, 4.69) is 10.6 Å². The molecule has 0 aliphatic carbocycles. The van der Waals surface area contributed by atoms with E-state index in [4.69, 9.17) is 32.7 Å². The highest BCUT2D eigenvalue weighted by atomic mass is 35.5. The lowest BCUT2D eigenvalue weighted by molar-refractivity contribution is -0.119. The third kappa shape index (κ3) is 6.16. The summed E-state index contributed by atoms with van der Waals surface area (Å²) >= 11 is 11.9. The number of para-hydroxylation sites is 1. The zero-order chi connectivity index (χ0) is 19.8. The molecular weight excluding hydrogens is 395 g/mol. The van der Waals surface area contributed by atoms with E-state index in [1.54, 1.807) is 25.1 Å². The van der Waals surface area contributed by atoms with Crippen molar-refractivity contribution >= 4 is 52.5 Å². The summed E-state index contributed by atoms with van der Waals surface area (Å²) in [5.41, 5.74) is 0.917. The molecule has 9 heteroatoms. The van der Waals surface area contributed by atoms with Crippen molar-refractivity contribution in [2.75, 3.05) is 23.8 Å². The Labute approximate surface area is 165 Å². The minimum absolute atomic E-state index is 0.216. The summed E-state index contributed by atoms with van der Waals surface area (Å²) in [6.45, 7) is 1.43. The summed E-state index contributed by atoms with van der Waals surface area (Å²) in [5.74, 6) is -1.28. The van der Waals surface area contributed by atoms with Gasteiger partial charge in [0.15, 0.2) is 6.61 Å². The highest BCUT2D eigenvalue weighted by Gasteiger charge is 2.13. The highest BCUT2D eigenvalue weighted by Crippen LogP contribution is 2.29. The van der Waals surface area contributed by atoms with Gasteiger partial charge in [-0.15, -0.1) is 0 Å². The predicted molar refractivity (Wildman–Crippen MR) is 102 cm³/mol. The molecular formula is C18H16Cl2N2O5. The number of halogens is 2. The van der Waals surface area contributed by atoms with Crippen molar-refractivity contribution in [3.8, 4) is 0 Å². The lowest BCUT2D eigenvalue weighted by atomic mass is 10.2. The number of esters is 1. The number of hydrogen-bond donors (Lipinski definition) is 2. The molecule has 2 rings (SSSR count). The van der Waals surface area contributed by atoms with Gasteiger partial charge in [-0.05, 0) is 43.3 Å². The first-order valence-electron chi connectivity index (χ1n) is 7.85. The van der Waals surface area contributed by atoms with E-state index >= 15 is 0 Å². The molecule has 0 aromatic heterocycles. The van der Waals surface area contributed by atoms with Crippen LogP contribution in [-0.2, 0) is 14.3 Å². The Balaban J connectivity index is 1.88. The molecule has 7 nitrogen and oxygen atoms in total.